The molecule has 2 aliphatic rings. The number of amides is 4. The maximum atomic E-state index is 13.3. The van der Waals surface area contributed by atoms with Crippen molar-refractivity contribution < 1.29 is 45.9 Å². The molecule has 2 fully saturated rings. The number of anilines is 1. The Kier molecular flexibility index (Phi) is 7.65. The van der Waals surface area contributed by atoms with Gasteiger partial charge < -0.3 is 21.3 Å². The van der Waals surface area contributed by atoms with Crippen LogP contribution in [0.25, 0.3) is 0 Å². The van der Waals surface area contributed by atoms with E-state index in [-0.39, 0.29) is 6.42 Å². The van der Waals surface area contributed by atoms with Crippen LogP contribution in [0.2, 0.25) is 0 Å². The molecule has 36 heavy (non-hydrogen) atoms. The average molecular weight is 518 g/mol. The molecule has 1 aliphatic carbocycles. The highest BCUT2D eigenvalue weighted by Gasteiger charge is 2.68. The van der Waals surface area contributed by atoms with Crippen LogP contribution in [0.1, 0.15) is 48.0 Å². The van der Waals surface area contributed by atoms with E-state index in [0.717, 1.165) is 19.2 Å². The van der Waals surface area contributed by atoms with E-state index in [0.29, 0.717) is 19.0 Å². The number of hydrogen-bond donors (Lipinski definition) is 4. The zero-order valence-electron chi connectivity index (χ0n) is 18.9. The molecule has 0 radical (unpaired) electrons. The minimum absolute atomic E-state index is 0.281. The van der Waals surface area contributed by atoms with Gasteiger partial charge in [-0.3, -0.25) is 24.0 Å². The number of Topliss-reactive ketones (excluding diaryl/α,β-unsaturated/α-hetero) is 1. The van der Waals surface area contributed by atoms with E-state index in [4.69, 9.17) is 0 Å². The Bertz CT molecular complexity index is 1090. The van der Waals surface area contributed by atoms with Crippen LogP contribution >= 0.6 is 0 Å². The lowest BCUT2D eigenvalue weighted by Crippen LogP contribution is -2.48. The molecule has 4 N–H and O–H groups in total. The smallest absolute Gasteiger partial charge is 0.356 e. The topological polar surface area (TPSA) is 133 Å². The van der Waals surface area contributed by atoms with Crippen molar-refractivity contribution in [1.29, 1.82) is 0 Å². The van der Waals surface area contributed by atoms with Gasteiger partial charge in [0, 0.05) is 25.1 Å². The van der Waals surface area contributed by atoms with Gasteiger partial charge in [-0.25, -0.2) is 8.78 Å². The molecule has 2 unspecified atom stereocenters. The maximum Gasteiger partial charge on any atom is 0.403 e. The van der Waals surface area contributed by atoms with Gasteiger partial charge in [0.05, 0.1) is 17.3 Å². The van der Waals surface area contributed by atoms with Gasteiger partial charge in [0.25, 0.3) is 18.2 Å². The molecule has 1 aromatic carbocycles. The second kappa shape index (κ2) is 10.2. The van der Waals surface area contributed by atoms with Crippen LogP contribution in [0.5, 0.6) is 0 Å². The Morgan fingerprint density at radius 1 is 1.17 bits per heavy atom. The van der Waals surface area contributed by atoms with E-state index in [1.165, 1.54) is 0 Å². The van der Waals surface area contributed by atoms with Crippen LogP contribution in [-0.4, -0.2) is 55.2 Å². The number of hydrogen-bond acceptors (Lipinski definition) is 5. The summed E-state index contributed by atoms with van der Waals surface area (Å²) in [7, 11) is 1.16. The quantitative estimate of drug-likeness (QED) is 0.293. The molecule has 1 aliphatic heterocycles. The fraction of sp³-hybridized carbons (Fsp3) is 0.500. The Balaban J connectivity index is 1.91. The van der Waals surface area contributed by atoms with Crippen LogP contribution in [0, 0.1) is 11.3 Å². The first-order valence-corrected chi connectivity index (χ1v) is 11.0. The number of ketones is 1. The van der Waals surface area contributed by atoms with E-state index < -0.39 is 89.0 Å². The normalized spacial score (nSPS) is 19.3. The van der Waals surface area contributed by atoms with Gasteiger partial charge in [-0.1, -0.05) is 6.07 Å². The van der Waals surface area contributed by atoms with Crippen LogP contribution in [0.3, 0.4) is 0 Å². The number of carbonyl (C=O) groups excluding carboxylic acids is 5. The SMILES string of the molecule is CNC(=O)C(=O)C(CC1CCNC1=O)NC(=O)c1cc(C(F)F)ccc1NC(=O)C1(C(F)(F)F)CC1. The second-order valence-corrected chi connectivity index (χ2v) is 8.62. The summed E-state index contributed by atoms with van der Waals surface area (Å²) in [5.41, 5.74) is -4.43. The van der Waals surface area contributed by atoms with Crippen molar-refractivity contribution in [2.45, 2.75) is 44.3 Å². The van der Waals surface area contributed by atoms with Crippen molar-refractivity contribution in [3.63, 3.8) is 0 Å². The lowest BCUT2D eigenvalue weighted by Gasteiger charge is -2.22. The maximum absolute atomic E-state index is 13.3. The Labute approximate surface area is 201 Å². The van der Waals surface area contributed by atoms with E-state index in [1.807, 2.05) is 5.32 Å². The summed E-state index contributed by atoms with van der Waals surface area (Å²) in [5.74, 6) is -5.99. The van der Waals surface area contributed by atoms with Gasteiger partial charge in [0.15, 0.2) is 0 Å². The first kappa shape index (κ1) is 27.0. The largest absolute Gasteiger partial charge is 0.403 e. The van der Waals surface area contributed by atoms with Crippen molar-refractivity contribution in [2.75, 3.05) is 18.9 Å². The molecule has 9 nitrogen and oxygen atoms in total. The molecule has 14 heteroatoms. The fourth-order valence-corrected chi connectivity index (χ4v) is 3.90. The molecule has 2 atom stereocenters. The van der Waals surface area contributed by atoms with Crippen molar-refractivity contribution in [3.8, 4) is 0 Å². The van der Waals surface area contributed by atoms with E-state index >= 15 is 0 Å². The van der Waals surface area contributed by atoms with Crippen LogP contribution < -0.4 is 21.3 Å². The highest BCUT2D eigenvalue weighted by atomic mass is 19.4. The first-order chi connectivity index (χ1) is 16.8. The molecular formula is C22H23F5N4O5. The lowest BCUT2D eigenvalue weighted by atomic mass is 9.95. The third-order valence-corrected chi connectivity index (χ3v) is 6.27. The van der Waals surface area contributed by atoms with Gasteiger partial charge in [-0.2, -0.15) is 13.2 Å². The summed E-state index contributed by atoms with van der Waals surface area (Å²) >= 11 is 0. The molecule has 0 spiro atoms. The van der Waals surface area contributed by atoms with Crippen LogP contribution in [0.4, 0.5) is 27.6 Å². The molecule has 4 amide bonds. The number of benzene rings is 1. The number of halogens is 5. The van der Waals surface area contributed by atoms with Crippen LogP contribution in [0.15, 0.2) is 18.2 Å². The summed E-state index contributed by atoms with van der Waals surface area (Å²) in [6.07, 6.45) is -8.81. The molecule has 1 saturated carbocycles. The zero-order chi connectivity index (χ0) is 26.8. The van der Waals surface area contributed by atoms with Crippen molar-refractivity contribution >= 4 is 35.1 Å². The summed E-state index contributed by atoms with van der Waals surface area (Å²) in [5, 5.41) is 8.83. The molecule has 1 aromatic rings. The van der Waals surface area contributed by atoms with Gasteiger partial charge in [0.1, 0.15) is 5.41 Å². The monoisotopic (exact) mass is 518 g/mol. The predicted octanol–water partition coefficient (Wildman–Crippen LogP) is 1.84. The van der Waals surface area contributed by atoms with Gasteiger partial charge in [0.2, 0.25) is 17.6 Å². The predicted molar refractivity (Wildman–Crippen MR) is 114 cm³/mol. The molecular weight excluding hydrogens is 495 g/mol. The summed E-state index contributed by atoms with van der Waals surface area (Å²) < 4.78 is 66.6. The number of carbonyl (C=O) groups is 5. The standard InChI is InChI=1S/C22H23F5N4O5/c1-28-19(35)15(32)14(9-11-4-7-29-17(11)33)30-18(34)12-8-10(16(23)24)2-3-13(12)31-20(36)21(5-6-21)22(25,26)27/h2-3,8,11,14,16H,4-7,9H2,1H3,(H,28,35)(H,29,33)(H,30,34)(H,31,36). The molecule has 1 saturated heterocycles. The van der Waals surface area contributed by atoms with E-state index in [9.17, 15) is 45.9 Å². The van der Waals surface area contributed by atoms with Gasteiger partial charge >= 0.3 is 6.18 Å². The summed E-state index contributed by atoms with van der Waals surface area (Å²) in [4.78, 5) is 61.9. The number of likely N-dealkylation sites (N-methyl/N-ethyl adjacent to an activating group) is 1. The van der Waals surface area contributed by atoms with Gasteiger partial charge in [-0.15, -0.1) is 0 Å². The lowest BCUT2D eigenvalue weighted by molar-refractivity contribution is -0.189. The second-order valence-electron chi connectivity index (χ2n) is 8.62. The van der Waals surface area contributed by atoms with Crippen molar-refractivity contribution in [3.05, 3.63) is 29.3 Å². The summed E-state index contributed by atoms with van der Waals surface area (Å²) in [6.45, 7) is 0.311. The number of alkyl halides is 5. The average Bonchev–Trinajstić information content (AvgIpc) is 3.56. The van der Waals surface area contributed by atoms with Crippen LogP contribution in [-0.2, 0) is 19.2 Å². The zero-order valence-corrected chi connectivity index (χ0v) is 18.9. The molecule has 196 valence electrons. The molecule has 0 aromatic heterocycles. The molecule has 1 heterocycles. The third-order valence-electron chi connectivity index (χ3n) is 6.27. The first-order valence-electron chi connectivity index (χ1n) is 11.0. The van der Waals surface area contributed by atoms with E-state index in [2.05, 4.69) is 16.0 Å². The molecule has 0 bridgehead atoms. The third kappa shape index (κ3) is 5.46. The highest BCUT2D eigenvalue weighted by molar-refractivity contribution is 6.38. The minimum Gasteiger partial charge on any atom is -0.356 e. The Hall–Kier alpha value is -3.58. The van der Waals surface area contributed by atoms with Crippen molar-refractivity contribution in [2.24, 2.45) is 11.3 Å². The fourth-order valence-electron chi connectivity index (χ4n) is 3.90. The van der Waals surface area contributed by atoms with Crippen molar-refractivity contribution in [1.82, 2.24) is 16.0 Å². The minimum atomic E-state index is -4.85. The Morgan fingerprint density at radius 2 is 1.83 bits per heavy atom. The number of rotatable bonds is 9. The van der Waals surface area contributed by atoms with E-state index in [1.54, 1.807) is 0 Å². The van der Waals surface area contributed by atoms with Gasteiger partial charge in [-0.05, 0) is 37.8 Å². The molecule has 3 rings (SSSR count). The number of nitrogens with one attached hydrogen (secondary N) is 4. The summed E-state index contributed by atoms with van der Waals surface area (Å²) in [6, 6.07) is 0.822. The Morgan fingerprint density at radius 3 is 2.33 bits per heavy atom. The highest BCUT2D eigenvalue weighted by Crippen LogP contribution is 2.58.